The Bertz CT molecular complexity index is 705. The Balaban J connectivity index is 1.61. The van der Waals surface area contributed by atoms with Crippen LogP contribution in [-0.2, 0) is 0 Å². The zero-order chi connectivity index (χ0) is 14.8. The quantitative estimate of drug-likeness (QED) is 0.677. The maximum absolute atomic E-state index is 12.9. The average molecular weight is 290 g/mol. The average Bonchev–Trinajstić information content (AvgIpc) is 2.59. The lowest BCUT2D eigenvalue weighted by Gasteiger charge is -2.44. The van der Waals surface area contributed by atoms with Gasteiger partial charge in [-0.1, -0.05) is 47.6 Å². The molecular formula is C20H18O2. The van der Waals surface area contributed by atoms with Crippen LogP contribution in [0.15, 0.2) is 47.6 Å². The standard InChI is InChI=1S/C20H18O2/c21-19-13-3-1-2-4-14(13)20(22)18-10-16-12-7-5-11(6-8-12)15(16)9-17(18)19/h1-5,7,11-12,17-18H,6,8-10H2/t11-,12-,17+,18+/m0/s1. The second-order valence-electron chi connectivity index (χ2n) is 7.12. The predicted octanol–water partition coefficient (Wildman–Crippen LogP) is 3.98. The molecule has 110 valence electrons. The van der Waals surface area contributed by atoms with Gasteiger partial charge in [-0.25, -0.2) is 0 Å². The van der Waals surface area contributed by atoms with E-state index in [0.717, 1.165) is 12.8 Å². The van der Waals surface area contributed by atoms with E-state index in [1.807, 2.05) is 24.3 Å². The molecule has 0 aliphatic heterocycles. The number of Topliss-reactive ketones (excluding diaryl/α,β-unsaturated/α-hetero) is 2. The summed E-state index contributed by atoms with van der Waals surface area (Å²) in [4.78, 5) is 25.8. The van der Waals surface area contributed by atoms with Crippen LogP contribution in [0, 0.1) is 23.7 Å². The van der Waals surface area contributed by atoms with E-state index < -0.39 is 0 Å². The normalized spacial score (nSPS) is 35.3. The first-order valence-electron chi connectivity index (χ1n) is 8.31. The summed E-state index contributed by atoms with van der Waals surface area (Å²) >= 11 is 0. The van der Waals surface area contributed by atoms with E-state index in [4.69, 9.17) is 0 Å². The van der Waals surface area contributed by atoms with Gasteiger partial charge < -0.3 is 0 Å². The van der Waals surface area contributed by atoms with Crippen LogP contribution in [0.5, 0.6) is 0 Å². The van der Waals surface area contributed by atoms with Crippen molar-refractivity contribution in [3.8, 4) is 0 Å². The fourth-order valence-corrected chi connectivity index (χ4v) is 5.06. The van der Waals surface area contributed by atoms with E-state index in [2.05, 4.69) is 12.2 Å². The number of carbonyl (C=O) groups excluding carboxylic acids is 2. The van der Waals surface area contributed by atoms with Gasteiger partial charge >= 0.3 is 0 Å². The molecule has 6 rings (SSSR count). The summed E-state index contributed by atoms with van der Waals surface area (Å²) in [6, 6.07) is 7.37. The van der Waals surface area contributed by atoms with Crippen molar-refractivity contribution in [3.05, 3.63) is 58.7 Å². The van der Waals surface area contributed by atoms with Crippen LogP contribution < -0.4 is 0 Å². The Hall–Kier alpha value is -1.96. The molecule has 1 aromatic carbocycles. The minimum absolute atomic E-state index is 0.117. The molecule has 2 nitrogen and oxygen atoms in total. The van der Waals surface area contributed by atoms with Crippen molar-refractivity contribution in [1.29, 1.82) is 0 Å². The number of hydrogen-bond acceptors (Lipinski definition) is 2. The molecule has 0 amide bonds. The molecule has 5 aliphatic carbocycles. The highest BCUT2D eigenvalue weighted by atomic mass is 16.1. The molecule has 2 bridgehead atoms. The van der Waals surface area contributed by atoms with Crippen molar-refractivity contribution >= 4 is 11.6 Å². The van der Waals surface area contributed by atoms with Crippen molar-refractivity contribution < 1.29 is 9.59 Å². The van der Waals surface area contributed by atoms with E-state index in [0.29, 0.717) is 23.0 Å². The smallest absolute Gasteiger partial charge is 0.167 e. The van der Waals surface area contributed by atoms with Gasteiger partial charge in [0.1, 0.15) is 0 Å². The summed E-state index contributed by atoms with van der Waals surface area (Å²) in [5.74, 6) is 1.21. The fourth-order valence-electron chi connectivity index (χ4n) is 5.06. The summed E-state index contributed by atoms with van der Waals surface area (Å²) in [7, 11) is 0. The Morgan fingerprint density at radius 1 is 0.727 bits per heavy atom. The first-order chi connectivity index (χ1) is 10.7. The molecule has 0 saturated heterocycles. The highest BCUT2D eigenvalue weighted by Crippen LogP contribution is 2.52. The molecule has 0 heterocycles. The molecule has 2 heteroatoms. The third-order valence-electron chi connectivity index (χ3n) is 6.17. The molecule has 4 atom stereocenters. The molecule has 0 N–H and O–H groups in total. The third kappa shape index (κ3) is 1.50. The fraction of sp³-hybridized carbons (Fsp3) is 0.400. The van der Waals surface area contributed by atoms with Gasteiger partial charge in [0.15, 0.2) is 11.6 Å². The number of fused-ring (bicyclic) bond motifs is 3. The number of rotatable bonds is 0. The lowest BCUT2D eigenvalue weighted by atomic mass is 9.58. The lowest BCUT2D eigenvalue weighted by Crippen LogP contribution is -2.42. The maximum Gasteiger partial charge on any atom is 0.167 e. The van der Waals surface area contributed by atoms with Crippen LogP contribution in [0.4, 0.5) is 0 Å². The molecule has 0 spiro atoms. The zero-order valence-corrected chi connectivity index (χ0v) is 12.4. The third-order valence-corrected chi connectivity index (χ3v) is 6.17. The van der Waals surface area contributed by atoms with Gasteiger partial charge in [-0.15, -0.1) is 0 Å². The van der Waals surface area contributed by atoms with Gasteiger partial charge in [0.05, 0.1) is 0 Å². The molecular weight excluding hydrogens is 272 g/mol. The predicted molar refractivity (Wildman–Crippen MR) is 83.7 cm³/mol. The van der Waals surface area contributed by atoms with Crippen LogP contribution in [-0.4, -0.2) is 11.6 Å². The molecule has 0 aromatic heterocycles. The van der Waals surface area contributed by atoms with Crippen molar-refractivity contribution in [2.75, 3.05) is 0 Å². The van der Waals surface area contributed by atoms with Gasteiger partial charge in [-0.05, 0) is 37.5 Å². The second-order valence-corrected chi connectivity index (χ2v) is 7.12. The van der Waals surface area contributed by atoms with E-state index in [1.54, 1.807) is 0 Å². The molecule has 0 saturated carbocycles. The minimum atomic E-state index is -0.117. The van der Waals surface area contributed by atoms with E-state index >= 15 is 0 Å². The molecule has 0 fully saturated rings. The summed E-state index contributed by atoms with van der Waals surface area (Å²) < 4.78 is 0. The van der Waals surface area contributed by atoms with Crippen molar-refractivity contribution in [3.63, 3.8) is 0 Å². The van der Waals surface area contributed by atoms with Gasteiger partial charge in [0.25, 0.3) is 0 Å². The van der Waals surface area contributed by atoms with Crippen LogP contribution >= 0.6 is 0 Å². The van der Waals surface area contributed by atoms with Gasteiger partial charge in [0, 0.05) is 23.0 Å². The lowest BCUT2D eigenvalue weighted by molar-refractivity contribution is 0.0710. The van der Waals surface area contributed by atoms with Gasteiger partial charge in [-0.3, -0.25) is 9.59 Å². The van der Waals surface area contributed by atoms with Crippen LogP contribution in [0.2, 0.25) is 0 Å². The monoisotopic (exact) mass is 290 g/mol. The number of carbonyl (C=O) groups is 2. The van der Waals surface area contributed by atoms with Crippen LogP contribution in [0.3, 0.4) is 0 Å². The Labute approximate surface area is 129 Å². The number of ketones is 2. The minimum Gasteiger partial charge on any atom is -0.294 e. The first kappa shape index (κ1) is 12.6. The molecule has 22 heavy (non-hydrogen) atoms. The van der Waals surface area contributed by atoms with Crippen molar-refractivity contribution in [2.24, 2.45) is 23.7 Å². The maximum atomic E-state index is 12.9. The van der Waals surface area contributed by atoms with Gasteiger partial charge in [0.2, 0.25) is 0 Å². The number of benzene rings is 1. The Kier molecular flexibility index (Phi) is 2.45. The molecule has 0 unspecified atom stereocenters. The number of hydrogen-bond donors (Lipinski definition) is 0. The Morgan fingerprint density at radius 3 is 1.59 bits per heavy atom. The highest BCUT2D eigenvalue weighted by molar-refractivity contribution is 6.16. The molecule has 1 aromatic rings. The summed E-state index contributed by atoms with van der Waals surface area (Å²) in [5.41, 5.74) is 4.27. The van der Waals surface area contributed by atoms with Crippen LogP contribution in [0.25, 0.3) is 0 Å². The Morgan fingerprint density at radius 2 is 1.18 bits per heavy atom. The van der Waals surface area contributed by atoms with E-state index in [1.165, 1.54) is 24.0 Å². The summed E-state index contributed by atoms with van der Waals surface area (Å²) in [6.07, 6.45) is 8.72. The largest absolute Gasteiger partial charge is 0.294 e. The highest BCUT2D eigenvalue weighted by Gasteiger charge is 2.47. The molecule has 0 radical (unpaired) electrons. The number of allylic oxidation sites excluding steroid dienone is 4. The summed E-state index contributed by atoms with van der Waals surface area (Å²) in [5, 5.41) is 0. The second kappa shape index (κ2) is 4.28. The van der Waals surface area contributed by atoms with Crippen molar-refractivity contribution in [1.82, 2.24) is 0 Å². The topological polar surface area (TPSA) is 34.1 Å². The van der Waals surface area contributed by atoms with E-state index in [-0.39, 0.29) is 23.4 Å². The first-order valence-corrected chi connectivity index (χ1v) is 8.31. The van der Waals surface area contributed by atoms with E-state index in [9.17, 15) is 9.59 Å². The van der Waals surface area contributed by atoms with Crippen LogP contribution in [0.1, 0.15) is 46.4 Å². The van der Waals surface area contributed by atoms with Gasteiger partial charge in [-0.2, -0.15) is 0 Å². The summed E-state index contributed by atoms with van der Waals surface area (Å²) in [6.45, 7) is 0. The zero-order valence-electron chi connectivity index (χ0n) is 12.4. The molecule has 5 aliphatic rings. The van der Waals surface area contributed by atoms with Crippen molar-refractivity contribution in [2.45, 2.75) is 25.7 Å². The SMILES string of the molecule is O=C1c2ccccc2C(=O)[C@@H]2CC3=C(C[C@@H]12)[C@H]1C=C[C@H]3CC1.